The molecule has 2 aromatic rings. The molecule has 0 aliphatic heterocycles. The van der Waals surface area contributed by atoms with E-state index in [-0.39, 0.29) is 0 Å². The Labute approximate surface area is 106 Å². The van der Waals surface area contributed by atoms with E-state index >= 15 is 0 Å². The van der Waals surface area contributed by atoms with Gasteiger partial charge < -0.3 is 19.8 Å². The molecule has 2 N–H and O–H groups in total. The number of nitrogens with zero attached hydrogens (tertiary/aromatic N) is 1. The topological polar surface area (TPSA) is 59.2 Å². The number of aromatic amines is 1. The van der Waals surface area contributed by atoms with Gasteiger partial charge in [-0.2, -0.15) is 0 Å². The maximum absolute atomic E-state index is 5.28. The summed E-state index contributed by atoms with van der Waals surface area (Å²) in [6.45, 7) is 0.716. The Bertz CT molecular complexity index is 523. The van der Waals surface area contributed by atoms with E-state index < -0.39 is 0 Å². The van der Waals surface area contributed by atoms with E-state index in [9.17, 15) is 0 Å². The Hall–Kier alpha value is -2.01. The third kappa shape index (κ3) is 2.46. The van der Waals surface area contributed by atoms with Crippen LogP contribution in [0.25, 0.3) is 11.3 Å². The minimum Gasteiger partial charge on any atom is -0.493 e. The van der Waals surface area contributed by atoms with Crippen LogP contribution in [0.3, 0.4) is 0 Å². The molecule has 0 atom stereocenters. The Balaban J connectivity index is 2.31. The largest absolute Gasteiger partial charge is 0.493 e. The first-order chi connectivity index (χ1) is 8.78. The summed E-state index contributed by atoms with van der Waals surface area (Å²) in [4.78, 5) is 7.54. The van der Waals surface area contributed by atoms with Crippen LogP contribution in [0.1, 0.15) is 5.82 Å². The molecule has 18 heavy (non-hydrogen) atoms. The summed E-state index contributed by atoms with van der Waals surface area (Å²) in [6, 6.07) is 5.78. The first-order valence-electron chi connectivity index (χ1n) is 5.69. The van der Waals surface area contributed by atoms with E-state index in [2.05, 4.69) is 15.3 Å². The molecule has 0 fully saturated rings. The number of imidazole rings is 1. The summed E-state index contributed by atoms with van der Waals surface area (Å²) >= 11 is 0. The average Bonchev–Trinajstić information content (AvgIpc) is 2.87. The third-order valence-corrected chi connectivity index (χ3v) is 2.67. The van der Waals surface area contributed by atoms with Gasteiger partial charge in [0.25, 0.3) is 0 Å². The zero-order valence-corrected chi connectivity index (χ0v) is 10.8. The molecule has 5 nitrogen and oxygen atoms in total. The highest BCUT2D eigenvalue weighted by molar-refractivity contribution is 5.63. The smallest absolute Gasteiger partial charge is 0.161 e. The van der Waals surface area contributed by atoms with Crippen molar-refractivity contribution in [3.63, 3.8) is 0 Å². The molecule has 0 bridgehead atoms. The van der Waals surface area contributed by atoms with Gasteiger partial charge in [-0.25, -0.2) is 4.98 Å². The Morgan fingerprint density at radius 2 is 2.00 bits per heavy atom. The van der Waals surface area contributed by atoms with Crippen molar-refractivity contribution in [3.05, 3.63) is 30.2 Å². The van der Waals surface area contributed by atoms with Gasteiger partial charge >= 0.3 is 0 Å². The van der Waals surface area contributed by atoms with Crippen molar-refractivity contribution in [1.29, 1.82) is 0 Å². The number of nitrogens with one attached hydrogen (secondary N) is 2. The van der Waals surface area contributed by atoms with Gasteiger partial charge in [-0.3, -0.25) is 0 Å². The number of rotatable bonds is 5. The molecule has 0 unspecified atom stereocenters. The number of hydrogen-bond acceptors (Lipinski definition) is 4. The monoisotopic (exact) mass is 247 g/mol. The van der Waals surface area contributed by atoms with Crippen LogP contribution in [-0.4, -0.2) is 31.2 Å². The highest BCUT2D eigenvalue weighted by Gasteiger charge is 2.08. The molecule has 0 saturated carbocycles. The molecule has 0 aliphatic rings. The molecule has 1 aromatic heterocycles. The van der Waals surface area contributed by atoms with Gasteiger partial charge in [-0.05, 0) is 25.2 Å². The lowest BCUT2D eigenvalue weighted by molar-refractivity contribution is 0.355. The second kappa shape index (κ2) is 5.55. The lowest BCUT2D eigenvalue weighted by Crippen LogP contribution is -2.06. The Morgan fingerprint density at radius 1 is 1.22 bits per heavy atom. The predicted octanol–water partition coefficient (Wildman–Crippen LogP) is 1.81. The molecule has 5 heteroatoms. The fourth-order valence-corrected chi connectivity index (χ4v) is 1.77. The summed E-state index contributed by atoms with van der Waals surface area (Å²) in [6.07, 6.45) is 1.81. The number of benzene rings is 1. The summed E-state index contributed by atoms with van der Waals surface area (Å²) < 4.78 is 10.5. The zero-order chi connectivity index (χ0) is 13.0. The van der Waals surface area contributed by atoms with Crippen molar-refractivity contribution >= 4 is 0 Å². The molecule has 2 rings (SSSR count). The van der Waals surface area contributed by atoms with Gasteiger partial charge in [0.1, 0.15) is 5.82 Å². The molecule has 96 valence electrons. The van der Waals surface area contributed by atoms with Crippen molar-refractivity contribution in [2.45, 2.75) is 6.54 Å². The van der Waals surface area contributed by atoms with E-state index in [1.807, 2.05) is 31.4 Å². The predicted molar refractivity (Wildman–Crippen MR) is 69.9 cm³/mol. The van der Waals surface area contributed by atoms with Gasteiger partial charge in [0, 0.05) is 5.56 Å². The maximum atomic E-state index is 5.28. The quantitative estimate of drug-likeness (QED) is 0.846. The molecular formula is C13H17N3O2. The highest BCUT2D eigenvalue weighted by atomic mass is 16.5. The van der Waals surface area contributed by atoms with E-state index in [1.165, 1.54) is 0 Å². The van der Waals surface area contributed by atoms with Crippen LogP contribution in [0.4, 0.5) is 0 Å². The SMILES string of the molecule is CNCc1ncc(-c2ccc(OC)c(OC)c2)[nH]1. The van der Waals surface area contributed by atoms with Crippen molar-refractivity contribution < 1.29 is 9.47 Å². The maximum Gasteiger partial charge on any atom is 0.161 e. The van der Waals surface area contributed by atoms with Crippen LogP contribution in [0.2, 0.25) is 0 Å². The van der Waals surface area contributed by atoms with Crippen molar-refractivity contribution in [2.24, 2.45) is 0 Å². The standard InChI is InChI=1S/C13H17N3O2/c1-14-8-13-15-7-10(16-13)9-4-5-11(17-2)12(6-9)18-3/h4-7,14H,8H2,1-3H3,(H,15,16). The summed E-state index contributed by atoms with van der Waals surface area (Å²) in [7, 11) is 5.14. The number of hydrogen-bond donors (Lipinski definition) is 2. The van der Waals surface area contributed by atoms with E-state index in [0.717, 1.165) is 22.8 Å². The van der Waals surface area contributed by atoms with Crippen LogP contribution in [0, 0.1) is 0 Å². The number of ether oxygens (including phenoxy) is 2. The fraction of sp³-hybridized carbons (Fsp3) is 0.308. The van der Waals surface area contributed by atoms with Crippen LogP contribution in [0.15, 0.2) is 24.4 Å². The Kier molecular flexibility index (Phi) is 3.84. The van der Waals surface area contributed by atoms with Gasteiger partial charge in [0.2, 0.25) is 0 Å². The third-order valence-electron chi connectivity index (χ3n) is 2.67. The molecular weight excluding hydrogens is 230 g/mol. The van der Waals surface area contributed by atoms with E-state index in [4.69, 9.17) is 9.47 Å². The Morgan fingerprint density at radius 3 is 2.67 bits per heavy atom. The minimum atomic E-state index is 0.708. The molecule has 0 radical (unpaired) electrons. The fourth-order valence-electron chi connectivity index (χ4n) is 1.77. The van der Waals surface area contributed by atoms with Crippen molar-refractivity contribution in [3.8, 4) is 22.8 Å². The van der Waals surface area contributed by atoms with Crippen LogP contribution >= 0.6 is 0 Å². The highest BCUT2D eigenvalue weighted by Crippen LogP contribution is 2.31. The van der Waals surface area contributed by atoms with Gasteiger partial charge in [-0.15, -0.1) is 0 Å². The number of aromatic nitrogens is 2. The number of H-pyrrole nitrogens is 1. The second-order valence-electron chi connectivity index (χ2n) is 3.84. The summed E-state index contributed by atoms with van der Waals surface area (Å²) in [5, 5.41) is 3.05. The normalized spacial score (nSPS) is 10.4. The first kappa shape index (κ1) is 12.4. The summed E-state index contributed by atoms with van der Waals surface area (Å²) in [5.41, 5.74) is 1.98. The molecule has 0 aliphatic carbocycles. The molecule has 0 saturated heterocycles. The lowest BCUT2D eigenvalue weighted by atomic mass is 10.1. The van der Waals surface area contributed by atoms with E-state index in [1.54, 1.807) is 14.2 Å². The molecule has 1 aromatic carbocycles. The lowest BCUT2D eigenvalue weighted by Gasteiger charge is -2.08. The summed E-state index contributed by atoms with van der Waals surface area (Å²) in [5.74, 6) is 2.33. The first-order valence-corrected chi connectivity index (χ1v) is 5.69. The second-order valence-corrected chi connectivity index (χ2v) is 3.84. The van der Waals surface area contributed by atoms with Crippen LogP contribution in [-0.2, 0) is 6.54 Å². The average molecular weight is 247 g/mol. The van der Waals surface area contributed by atoms with Gasteiger partial charge in [-0.1, -0.05) is 0 Å². The minimum absolute atomic E-state index is 0.708. The van der Waals surface area contributed by atoms with E-state index in [0.29, 0.717) is 12.3 Å². The van der Waals surface area contributed by atoms with Gasteiger partial charge in [0.15, 0.2) is 11.5 Å². The van der Waals surface area contributed by atoms with Gasteiger partial charge in [0.05, 0.1) is 32.7 Å². The van der Waals surface area contributed by atoms with Crippen LogP contribution in [0.5, 0.6) is 11.5 Å². The van der Waals surface area contributed by atoms with Crippen molar-refractivity contribution in [1.82, 2.24) is 15.3 Å². The zero-order valence-electron chi connectivity index (χ0n) is 10.8. The van der Waals surface area contributed by atoms with Crippen molar-refractivity contribution in [2.75, 3.05) is 21.3 Å². The molecule has 1 heterocycles. The molecule has 0 amide bonds. The van der Waals surface area contributed by atoms with Crippen LogP contribution < -0.4 is 14.8 Å². The number of methoxy groups -OCH3 is 2. The molecule has 0 spiro atoms.